The summed E-state index contributed by atoms with van der Waals surface area (Å²) in [5.41, 5.74) is -0.218. The SMILES string of the molecule is C/C=C1\C[C@@H](C)[C@](C)(O)C(=O)OCC2=CCN3CC[C@H](OC1=O)C23. The molecule has 0 bridgehead atoms. The molecule has 0 aromatic heterocycles. The number of hydrogen-bond acceptors (Lipinski definition) is 6. The van der Waals surface area contributed by atoms with Gasteiger partial charge < -0.3 is 14.6 Å². The van der Waals surface area contributed by atoms with Crippen molar-refractivity contribution in [3.63, 3.8) is 0 Å². The number of rotatable bonds is 0. The third-order valence-electron chi connectivity index (χ3n) is 5.55. The number of cyclic esters (lactones) is 1. The van der Waals surface area contributed by atoms with Crippen LogP contribution in [-0.4, -0.2) is 59.4 Å². The van der Waals surface area contributed by atoms with Crippen LogP contribution in [0.15, 0.2) is 23.3 Å². The molecule has 3 rings (SSSR count). The van der Waals surface area contributed by atoms with Crippen molar-refractivity contribution in [3.05, 3.63) is 23.3 Å². The number of esters is 2. The molecule has 3 aliphatic heterocycles. The minimum absolute atomic E-state index is 0.0262. The average molecular weight is 335 g/mol. The van der Waals surface area contributed by atoms with E-state index in [1.165, 1.54) is 6.92 Å². The Morgan fingerprint density at radius 3 is 2.88 bits per heavy atom. The molecule has 0 spiro atoms. The minimum atomic E-state index is -1.65. The van der Waals surface area contributed by atoms with Gasteiger partial charge in [0.1, 0.15) is 12.7 Å². The Labute approximate surface area is 142 Å². The number of allylic oxidation sites excluding steroid dienone is 1. The predicted octanol–water partition coefficient (Wildman–Crippen LogP) is 1.19. The van der Waals surface area contributed by atoms with Gasteiger partial charge in [-0.3, -0.25) is 4.90 Å². The Morgan fingerprint density at radius 2 is 2.17 bits per heavy atom. The van der Waals surface area contributed by atoms with Crippen molar-refractivity contribution in [2.75, 3.05) is 19.7 Å². The van der Waals surface area contributed by atoms with Gasteiger partial charge in [0.2, 0.25) is 0 Å². The molecular weight excluding hydrogens is 310 g/mol. The topological polar surface area (TPSA) is 76.1 Å². The van der Waals surface area contributed by atoms with E-state index in [4.69, 9.17) is 9.47 Å². The molecule has 2 fully saturated rings. The average Bonchev–Trinajstić information content (AvgIpc) is 3.12. The number of hydrogen-bond donors (Lipinski definition) is 1. The highest BCUT2D eigenvalue weighted by Crippen LogP contribution is 2.34. The number of carbonyl (C=O) groups is 2. The lowest BCUT2D eigenvalue weighted by Gasteiger charge is -2.31. The zero-order valence-electron chi connectivity index (χ0n) is 14.4. The molecule has 0 saturated carbocycles. The lowest BCUT2D eigenvalue weighted by Crippen LogP contribution is -2.45. The van der Waals surface area contributed by atoms with Crippen molar-refractivity contribution in [3.8, 4) is 0 Å². The number of ether oxygens (including phenoxy) is 2. The normalized spacial score (nSPS) is 39.6. The second kappa shape index (κ2) is 6.33. The van der Waals surface area contributed by atoms with Crippen molar-refractivity contribution in [2.45, 2.75) is 51.4 Å². The summed E-state index contributed by atoms with van der Waals surface area (Å²) in [6.07, 6.45) is 4.56. The van der Waals surface area contributed by atoms with Crippen molar-refractivity contribution >= 4 is 11.9 Å². The fraction of sp³-hybridized carbons (Fsp3) is 0.667. The van der Waals surface area contributed by atoms with E-state index < -0.39 is 17.5 Å². The van der Waals surface area contributed by atoms with Crippen LogP contribution in [0.3, 0.4) is 0 Å². The molecule has 0 aromatic rings. The first kappa shape index (κ1) is 17.2. The van der Waals surface area contributed by atoms with Crippen molar-refractivity contribution < 1.29 is 24.2 Å². The van der Waals surface area contributed by atoms with Crippen molar-refractivity contribution in [1.82, 2.24) is 4.90 Å². The first-order chi connectivity index (χ1) is 11.3. The van der Waals surface area contributed by atoms with Gasteiger partial charge in [-0.2, -0.15) is 0 Å². The van der Waals surface area contributed by atoms with Crippen LogP contribution in [-0.2, 0) is 19.1 Å². The predicted molar refractivity (Wildman–Crippen MR) is 87.1 cm³/mol. The van der Waals surface area contributed by atoms with Gasteiger partial charge in [-0.1, -0.05) is 19.1 Å². The summed E-state index contributed by atoms with van der Waals surface area (Å²) in [6.45, 7) is 6.71. The zero-order valence-corrected chi connectivity index (χ0v) is 14.4. The molecule has 3 aliphatic rings. The zero-order chi connectivity index (χ0) is 17.5. The summed E-state index contributed by atoms with van der Waals surface area (Å²) >= 11 is 0. The van der Waals surface area contributed by atoms with E-state index >= 15 is 0 Å². The van der Waals surface area contributed by atoms with Crippen LogP contribution in [0.5, 0.6) is 0 Å². The van der Waals surface area contributed by atoms with Crippen molar-refractivity contribution in [1.29, 1.82) is 0 Å². The largest absolute Gasteiger partial charge is 0.459 e. The molecule has 0 aliphatic carbocycles. The molecule has 6 nitrogen and oxygen atoms in total. The highest BCUT2D eigenvalue weighted by atomic mass is 16.6. The van der Waals surface area contributed by atoms with Gasteiger partial charge in [0.15, 0.2) is 5.60 Å². The van der Waals surface area contributed by atoms with E-state index in [2.05, 4.69) is 4.90 Å². The van der Waals surface area contributed by atoms with Crippen LogP contribution in [0.4, 0.5) is 0 Å². The summed E-state index contributed by atoms with van der Waals surface area (Å²) in [5, 5.41) is 10.6. The molecule has 3 heterocycles. The summed E-state index contributed by atoms with van der Waals surface area (Å²) in [4.78, 5) is 27.1. The fourth-order valence-corrected chi connectivity index (χ4v) is 3.68. The molecule has 1 N–H and O–H groups in total. The van der Waals surface area contributed by atoms with E-state index in [1.54, 1.807) is 19.9 Å². The quantitative estimate of drug-likeness (QED) is 0.407. The first-order valence-electron chi connectivity index (χ1n) is 8.53. The summed E-state index contributed by atoms with van der Waals surface area (Å²) in [6, 6.07) is -0.0262. The van der Waals surface area contributed by atoms with Gasteiger partial charge in [-0.05, 0) is 38.2 Å². The maximum Gasteiger partial charge on any atom is 0.338 e. The monoisotopic (exact) mass is 335 g/mol. The molecule has 132 valence electrons. The van der Waals surface area contributed by atoms with E-state index in [9.17, 15) is 14.7 Å². The molecular formula is C18H25NO5. The second-order valence-electron chi connectivity index (χ2n) is 7.09. The van der Waals surface area contributed by atoms with Crippen LogP contribution in [0.2, 0.25) is 0 Å². The molecule has 4 atom stereocenters. The number of carbonyl (C=O) groups excluding carboxylic acids is 2. The Hall–Kier alpha value is -1.66. The number of aliphatic hydroxyl groups is 1. The maximum atomic E-state index is 12.5. The smallest absolute Gasteiger partial charge is 0.338 e. The molecule has 0 aromatic carbocycles. The summed E-state index contributed by atoms with van der Waals surface area (Å²) in [5.74, 6) is -1.46. The van der Waals surface area contributed by atoms with Crippen LogP contribution in [0.1, 0.15) is 33.6 Å². The van der Waals surface area contributed by atoms with E-state index in [-0.39, 0.29) is 31.1 Å². The standard InChI is InChI=1S/C18H25NO5/c1-4-12-9-11(2)18(3,22)17(21)23-10-13-5-7-19-8-6-14(15(13)19)24-16(12)20/h4-5,11,14-15,22H,6-10H2,1-3H3/b12-4+/t11-,14+,15?,18+/m1/s1. The van der Waals surface area contributed by atoms with Crippen LogP contribution in [0, 0.1) is 5.92 Å². The second-order valence-corrected chi connectivity index (χ2v) is 7.09. The Bertz CT molecular complexity index is 607. The van der Waals surface area contributed by atoms with Gasteiger partial charge in [-0.15, -0.1) is 0 Å². The van der Waals surface area contributed by atoms with Gasteiger partial charge >= 0.3 is 11.9 Å². The fourth-order valence-electron chi connectivity index (χ4n) is 3.68. The van der Waals surface area contributed by atoms with Crippen molar-refractivity contribution in [2.24, 2.45) is 5.92 Å². The van der Waals surface area contributed by atoms with Gasteiger partial charge in [0.25, 0.3) is 0 Å². The van der Waals surface area contributed by atoms with Gasteiger partial charge in [0.05, 0.1) is 6.04 Å². The molecule has 1 unspecified atom stereocenters. The highest BCUT2D eigenvalue weighted by Gasteiger charge is 2.45. The third-order valence-corrected chi connectivity index (χ3v) is 5.55. The Kier molecular flexibility index (Phi) is 4.53. The van der Waals surface area contributed by atoms with E-state index in [1.807, 2.05) is 6.08 Å². The molecule has 0 amide bonds. The highest BCUT2D eigenvalue weighted by molar-refractivity contribution is 5.89. The lowest BCUT2D eigenvalue weighted by molar-refractivity contribution is -0.169. The summed E-state index contributed by atoms with van der Waals surface area (Å²) in [7, 11) is 0. The van der Waals surface area contributed by atoms with Crippen LogP contribution >= 0.6 is 0 Å². The number of nitrogens with zero attached hydrogens (tertiary/aromatic N) is 1. The van der Waals surface area contributed by atoms with Gasteiger partial charge in [0, 0.05) is 18.7 Å². The molecule has 6 heteroatoms. The Balaban J connectivity index is 1.91. The molecule has 2 saturated heterocycles. The minimum Gasteiger partial charge on any atom is -0.459 e. The first-order valence-corrected chi connectivity index (χ1v) is 8.53. The van der Waals surface area contributed by atoms with Gasteiger partial charge in [-0.25, -0.2) is 9.59 Å². The van der Waals surface area contributed by atoms with Crippen LogP contribution in [0.25, 0.3) is 0 Å². The maximum absolute atomic E-state index is 12.5. The van der Waals surface area contributed by atoms with E-state index in [0.717, 1.165) is 25.1 Å². The lowest BCUT2D eigenvalue weighted by atomic mass is 9.85. The third kappa shape index (κ3) is 2.89. The van der Waals surface area contributed by atoms with E-state index in [0.29, 0.717) is 5.57 Å². The molecule has 0 radical (unpaired) electrons. The Morgan fingerprint density at radius 1 is 1.42 bits per heavy atom. The summed E-state index contributed by atoms with van der Waals surface area (Å²) < 4.78 is 11.2. The van der Waals surface area contributed by atoms with Crippen LogP contribution < -0.4 is 0 Å². The molecule has 24 heavy (non-hydrogen) atoms.